The average molecular weight is 311 g/mol. The molecule has 0 aliphatic rings. The van der Waals surface area contributed by atoms with Gasteiger partial charge in [-0.25, -0.2) is 9.78 Å². The molecule has 5 nitrogen and oxygen atoms in total. The van der Waals surface area contributed by atoms with E-state index in [1.807, 2.05) is 12.1 Å². The van der Waals surface area contributed by atoms with Crippen LogP contribution in [0.1, 0.15) is 6.92 Å². The summed E-state index contributed by atoms with van der Waals surface area (Å²) in [5, 5.41) is 5.16. The Labute approximate surface area is 124 Å². The van der Waals surface area contributed by atoms with E-state index < -0.39 is 11.9 Å². The maximum atomic E-state index is 11.5. The first-order valence-corrected chi connectivity index (χ1v) is 7.05. The summed E-state index contributed by atoms with van der Waals surface area (Å²) in [6.45, 7) is 1.79. The number of carbonyl (C=O) groups excluding carboxylic acids is 2. The van der Waals surface area contributed by atoms with Gasteiger partial charge in [0.1, 0.15) is 0 Å². The van der Waals surface area contributed by atoms with Crippen molar-refractivity contribution in [2.24, 2.45) is 0 Å². The molecular formula is C13H11ClN2O3S. The Balaban J connectivity index is 2.07. The lowest BCUT2D eigenvalue weighted by molar-refractivity contribution is -0.152. The molecule has 0 bridgehead atoms. The van der Waals surface area contributed by atoms with Crippen LogP contribution < -0.4 is 5.32 Å². The number of halogens is 1. The highest BCUT2D eigenvalue weighted by Gasteiger charge is 2.16. The number of carbonyl (C=O) groups is 2. The fourth-order valence-corrected chi connectivity index (χ4v) is 2.27. The molecule has 0 fully saturated rings. The SMILES string of the molecule is CCOC(=O)C(=O)Nc1nc(-c2ccc(Cl)cc2)cs1. The van der Waals surface area contributed by atoms with Gasteiger partial charge in [-0.05, 0) is 19.1 Å². The zero-order valence-corrected chi connectivity index (χ0v) is 12.1. The maximum absolute atomic E-state index is 11.5. The number of aromatic nitrogens is 1. The summed E-state index contributed by atoms with van der Waals surface area (Å²) in [4.78, 5) is 26.9. The standard InChI is InChI=1S/C13H11ClN2O3S/c1-2-19-12(18)11(17)16-13-15-10(7-20-13)8-3-5-9(14)6-4-8/h3-7H,2H2,1H3,(H,15,16,17). The third kappa shape index (κ3) is 3.55. The number of hydrogen-bond acceptors (Lipinski definition) is 5. The number of benzene rings is 1. The van der Waals surface area contributed by atoms with Gasteiger partial charge in [0.15, 0.2) is 5.13 Å². The second kappa shape index (κ2) is 6.49. The molecule has 2 aromatic rings. The van der Waals surface area contributed by atoms with Crippen LogP contribution in [0, 0.1) is 0 Å². The van der Waals surface area contributed by atoms with E-state index in [0.717, 1.165) is 5.56 Å². The van der Waals surface area contributed by atoms with Crippen LogP contribution >= 0.6 is 22.9 Å². The first-order chi connectivity index (χ1) is 9.60. The summed E-state index contributed by atoms with van der Waals surface area (Å²) in [5.74, 6) is -1.75. The summed E-state index contributed by atoms with van der Waals surface area (Å²) in [6.07, 6.45) is 0. The Morgan fingerprint density at radius 1 is 1.35 bits per heavy atom. The Hall–Kier alpha value is -1.92. The normalized spacial score (nSPS) is 10.1. The number of hydrogen-bond donors (Lipinski definition) is 1. The van der Waals surface area contributed by atoms with E-state index in [1.54, 1.807) is 24.4 Å². The number of esters is 1. The molecule has 7 heteroatoms. The van der Waals surface area contributed by atoms with Crippen LogP contribution in [0.2, 0.25) is 5.02 Å². The van der Waals surface area contributed by atoms with Crippen LogP contribution in [0.25, 0.3) is 11.3 Å². The minimum absolute atomic E-state index is 0.153. The van der Waals surface area contributed by atoms with Gasteiger partial charge >= 0.3 is 11.9 Å². The summed E-state index contributed by atoms with van der Waals surface area (Å²) in [6, 6.07) is 7.17. The molecule has 0 radical (unpaired) electrons. The Morgan fingerprint density at radius 3 is 2.70 bits per heavy atom. The average Bonchev–Trinajstić information content (AvgIpc) is 2.88. The van der Waals surface area contributed by atoms with Crippen molar-refractivity contribution < 1.29 is 14.3 Å². The summed E-state index contributed by atoms with van der Waals surface area (Å²) < 4.78 is 4.59. The Morgan fingerprint density at radius 2 is 2.05 bits per heavy atom. The number of rotatable bonds is 3. The van der Waals surface area contributed by atoms with Gasteiger partial charge in [-0.2, -0.15) is 0 Å². The molecule has 1 heterocycles. The number of anilines is 1. The smallest absolute Gasteiger partial charge is 0.397 e. The summed E-state index contributed by atoms with van der Waals surface area (Å²) >= 11 is 7.04. The molecule has 104 valence electrons. The van der Waals surface area contributed by atoms with Crippen molar-refractivity contribution in [3.8, 4) is 11.3 Å². The Bertz CT molecular complexity index is 625. The molecule has 1 N–H and O–H groups in total. The molecule has 2 rings (SSSR count). The van der Waals surface area contributed by atoms with Crippen molar-refractivity contribution in [1.29, 1.82) is 0 Å². The zero-order chi connectivity index (χ0) is 14.5. The largest absolute Gasteiger partial charge is 0.459 e. The number of thiazole rings is 1. The number of nitrogens with zero attached hydrogens (tertiary/aromatic N) is 1. The van der Waals surface area contributed by atoms with Gasteiger partial charge in [0.25, 0.3) is 0 Å². The molecule has 0 unspecified atom stereocenters. The lowest BCUT2D eigenvalue weighted by Crippen LogP contribution is -2.24. The molecule has 0 saturated carbocycles. The van der Waals surface area contributed by atoms with Crippen molar-refractivity contribution in [3.63, 3.8) is 0 Å². The third-order valence-corrected chi connectivity index (χ3v) is 3.34. The zero-order valence-electron chi connectivity index (χ0n) is 10.6. The monoisotopic (exact) mass is 310 g/mol. The summed E-state index contributed by atoms with van der Waals surface area (Å²) in [7, 11) is 0. The van der Waals surface area contributed by atoms with Crippen LogP contribution in [-0.2, 0) is 14.3 Å². The molecular weight excluding hydrogens is 300 g/mol. The maximum Gasteiger partial charge on any atom is 0.397 e. The van der Waals surface area contributed by atoms with E-state index in [4.69, 9.17) is 11.6 Å². The lowest BCUT2D eigenvalue weighted by Gasteiger charge is -2.00. The van der Waals surface area contributed by atoms with E-state index in [1.165, 1.54) is 11.3 Å². The first-order valence-electron chi connectivity index (χ1n) is 5.79. The molecule has 1 amide bonds. The fourth-order valence-electron chi connectivity index (χ4n) is 1.43. The number of ether oxygens (including phenoxy) is 1. The number of amides is 1. The van der Waals surface area contributed by atoms with Crippen molar-refractivity contribution in [2.75, 3.05) is 11.9 Å². The van der Waals surface area contributed by atoms with Gasteiger partial charge in [-0.1, -0.05) is 23.7 Å². The minimum Gasteiger partial charge on any atom is -0.459 e. The molecule has 0 spiro atoms. The van der Waals surface area contributed by atoms with E-state index in [2.05, 4.69) is 15.0 Å². The van der Waals surface area contributed by atoms with E-state index >= 15 is 0 Å². The highest BCUT2D eigenvalue weighted by atomic mass is 35.5. The van der Waals surface area contributed by atoms with Crippen molar-refractivity contribution in [3.05, 3.63) is 34.7 Å². The molecule has 20 heavy (non-hydrogen) atoms. The van der Waals surface area contributed by atoms with Gasteiger partial charge in [-0.15, -0.1) is 11.3 Å². The van der Waals surface area contributed by atoms with Gasteiger partial charge < -0.3 is 4.74 Å². The predicted octanol–water partition coefficient (Wildman–Crippen LogP) is 2.97. The van der Waals surface area contributed by atoms with Gasteiger partial charge in [0, 0.05) is 16.0 Å². The lowest BCUT2D eigenvalue weighted by atomic mass is 10.2. The van der Waals surface area contributed by atoms with Crippen LogP contribution in [0.5, 0.6) is 0 Å². The predicted molar refractivity (Wildman–Crippen MR) is 77.8 cm³/mol. The van der Waals surface area contributed by atoms with E-state index in [0.29, 0.717) is 15.8 Å². The second-order valence-corrected chi connectivity index (χ2v) is 5.01. The van der Waals surface area contributed by atoms with Crippen LogP contribution in [-0.4, -0.2) is 23.5 Å². The highest BCUT2D eigenvalue weighted by molar-refractivity contribution is 7.14. The molecule has 0 saturated heterocycles. The van der Waals surface area contributed by atoms with Gasteiger partial charge in [-0.3, -0.25) is 10.1 Å². The van der Waals surface area contributed by atoms with Crippen molar-refractivity contribution in [1.82, 2.24) is 4.98 Å². The van der Waals surface area contributed by atoms with Crippen LogP contribution in [0.3, 0.4) is 0 Å². The minimum atomic E-state index is -0.921. The number of nitrogens with one attached hydrogen (secondary N) is 1. The molecule has 0 aliphatic heterocycles. The van der Waals surface area contributed by atoms with Crippen LogP contribution in [0.15, 0.2) is 29.6 Å². The van der Waals surface area contributed by atoms with E-state index in [9.17, 15) is 9.59 Å². The fraction of sp³-hybridized carbons (Fsp3) is 0.154. The molecule has 1 aromatic heterocycles. The van der Waals surface area contributed by atoms with Crippen molar-refractivity contribution >= 4 is 39.9 Å². The molecule has 0 atom stereocenters. The highest BCUT2D eigenvalue weighted by Crippen LogP contribution is 2.25. The Kier molecular flexibility index (Phi) is 4.70. The quantitative estimate of drug-likeness (QED) is 0.699. The van der Waals surface area contributed by atoms with Gasteiger partial charge in [0.05, 0.1) is 12.3 Å². The van der Waals surface area contributed by atoms with Crippen LogP contribution in [0.4, 0.5) is 5.13 Å². The third-order valence-electron chi connectivity index (χ3n) is 2.33. The molecule has 0 aliphatic carbocycles. The van der Waals surface area contributed by atoms with Crippen molar-refractivity contribution in [2.45, 2.75) is 6.92 Å². The summed E-state index contributed by atoms with van der Waals surface area (Å²) in [5.41, 5.74) is 1.58. The van der Waals surface area contributed by atoms with E-state index in [-0.39, 0.29) is 6.61 Å². The molecule has 1 aromatic carbocycles. The first kappa shape index (κ1) is 14.5. The second-order valence-electron chi connectivity index (χ2n) is 3.72. The van der Waals surface area contributed by atoms with Gasteiger partial charge in [0.2, 0.25) is 0 Å². The topological polar surface area (TPSA) is 68.3 Å².